The Kier molecular flexibility index (Phi) is 4.77. The molecule has 1 aromatic rings. The van der Waals surface area contributed by atoms with Crippen molar-refractivity contribution in [3.05, 3.63) is 34.9 Å². The Morgan fingerprint density at radius 3 is 2.75 bits per heavy atom. The van der Waals surface area contributed by atoms with Gasteiger partial charge in [-0.1, -0.05) is 13.0 Å². The molecule has 0 aliphatic heterocycles. The van der Waals surface area contributed by atoms with Gasteiger partial charge in [0.15, 0.2) is 0 Å². The van der Waals surface area contributed by atoms with E-state index >= 15 is 0 Å². The number of hydrogen-bond donors (Lipinski definition) is 2. The van der Waals surface area contributed by atoms with Crippen molar-refractivity contribution >= 4 is 11.8 Å². The minimum atomic E-state index is -0.512. The largest absolute Gasteiger partial charge is 0.354 e. The van der Waals surface area contributed by atoms with Crippen molar-refractivity contribution < 1.29 is 9.59 Å². The Labute approximate surface area is 119 Å². The molecule has 108 valence electrons. The molecule has 2 amide bonds. The first kappa shape index (κ1) is 14.6. The maximum atomic E-state index is 12.1. The fourth-order valence-corrected chi connectivity index (χ4v) is 2.46. The van der Waals surface area contributed by atoms with Gasteiger partial charge in [-0.15, -0.1) is 0 Å². The van der Waals surface area contributed by atoms with Crippen LogP contribution in [0, 0.1) is 0 Å². The number of amides is 2. The monoisotopic (exact) mass is 274 g/mol. The predicted molar refractivity (Wildman–Crippen MR) is 78.7 cm³/mol. The highest BCUT2D eigenvalue weighted by atomic mass is 16.2. The molecule has 1 aliphatic carbocycles. The molecule has 2 rings (SSSR count). The zero-order chi connectivity index (χ0) is 14.5. The standard InChI is InChI=1S/C16H22N2O2/c1-3-9-17-15(19)11(2)18-16(20)14-8-7-12-5-4-6-13(12)10-14/h7-8,10-11H,3-6,9H2,1-2H3,(H,17,19)(H,18,20). The van der Waals surface area contributed by atoms with Crippen molar-refractivity contribution in [2.75, 3.05) is 6.54 Å². The van der Waals surface area contributed by atoms with E-state index in [4.69, 9.17) is 0 Å². The topological polar surface area (TPSA) is 58.2 Å². The molecule has 0 aromatic heterocycles. The lowest BCUT2D eigenvalue weighted by molar-refractivity contribution is -0.122. The van der Waals surface area contributed by atoms with E-state index in [1.54, 1.807) is 6.92 Å². The summed E-state index contributed by atoms with van der Waals surface area (Å²) >= 11 is 0. The van der Waals surface area contributed by atoms with Crippen LogP contribution in [0.15, 0.2) is 18.2 Å². The molecule has 0 heterocycles. The molecule has 0 bridgehead atoms. The summed E-state index contributed by atoms with van der Waals surface area (Å²) in [6.07, 6.45) is 4.20. The van der Waals surface area contributed by atoms with Gasteiger partial charge in [-0.2, -0.15) is 0 Å². The molecule has 1 atom stereocenters. The van der Waals surface area contributed by atoms with Crippen LogP contribution in [0.1, 0.15) is 48.2 Å². The number of aryl methyl sites for hydroxylation is 2. The van der Waals surface area contributed by atoms with Gasteiger partial charge in [0.2, 0.25) is 5.91 Å². The second kappa shape index (κ2) is 6.55. The van der Waals surface area contributed by atoms with Gasteiger partial charge in [-0.25, -0.2) is 0 Å². The highest BCUT2D eigenvalue weighted by Gasteiger charge is 2.18. The van der Waals surface area contributed by atoms with E-state index in [9.17, 15) is 9.59 Å². The third-order valence-corrected chi connectivity index (χ3v) is 3.65. The third-order valence-electron chi connectivity index (χ3n) is 3.65. The molecule has 0 saturated heterocycles. The van der Waals surface area contributed by atoms with Crippen LogP contribution in [-0.4, -0.2) is 24.4 Å². The van der Waals surface area contributed by atoms with Gasteiger partial charge < -0.3 is 10.6 Å². The van der Waals surface area contributed by atoms with Gasteiger partial charge in [0, 0.05) is 12.1 Å². The van der Waals surface area contributed by atoms with Crippen molar-refractivity contribution in [2.45, 2.75) is 45.6 Å². The smallest absolute Gasteiger partial charge is 0.251 e. The van der Waals surface area contributed by atoms with E-state index in [0.29, 0.717) is 12.1 Å². The first-order chi connectivity index (χ1) is 9.61. The number of benzene rings is 1. The molecule has 20 heavy (non-hydrogen) atoms. The van der Waals surface area contributed by atoms with E-state index < -0.39 is 6.04 Å². The third kappa shape index (κ3) is 3.38. The highest BCUT2D eigenvalue weighted by Crippen LogP contribution is 2.22. The Balaban J connectivity index is 1.96. The first-order valence-electron chi connectivity index (χ1n) is 7.32. The molecule has 2 N–H and O–H groups in total. The fraction of sp³-hybridized carbons (Fsp3) is 0.500. The molecule has 0 fully saturated rings. The molecular weight excluding hydrogens is 252 g/mol. The predicted octanol–water partition coefficient (Wildman–Crippen LogP) is 1.82. The Morgan fingerprint density at radius 2 is 2.00 bits per heavy atom. The molecule has 4 nitrogen and oxygen atoms in total. The Bertz CT molecular complexity index is 511. The minimum Gasteiger partial charge on any atom is -0.354 e. The van der Waals surface area contributed by atoms with Gasteiger partial charge in [-0.3, -0.25) is 9.59 Å². The summed E-state index contributed by atoms with van der Waals surface area (Å²) in [5.41, 5.74) is 3.25. The summed E-state index contributed by atoms with van der Waals surface area (Å²) in [6, 6.07) is 5.31. The van der Waals surface area contributed by atoms with Crippen LogP contribution >= 0.6 is 0 Å². The average Bonchev–Trinajstić information content (AvgIpc) is 2.91. The number of rotatable bonds is 5. The molecule has 0 spiro atoms. The van der Waals surface area contributed by atoms with E-state index in [1.807, 2.05) is 25.1 Å². The zero-order valence-corrected chi connectivity index (χ0v) is 12.2. The van der Waals surface area contributed by atoms with Gasteiger partial charge in [-0.05, 0) is 55.9 Å². The fourth-order valence-electron chi connectivity index (χ4n) is 2.46. The average molecular weight is 274 g/mol. The lowest BCUT2D eigenvalue weighted by Crippen LogP contribution is -2.45. The second-order valence-electron chi connectivity index (χ2n) is 5.32. The van der Waals surface area contributed by atoms with Crippen LogP contribution < -0.4 is 10.6 Å². The quantitative estimate of drug-likeness (QED) is 0.860. The maximum Gasteiger partial charge on any atom is 0.251 e. The van der Waals surface area contributed by atoms with Crippen LogP contribution in [-0.2, 0) is 17.6 Å². The number of carbonyl (C=O) groups is 2. The summed E-state index contributed by atoms with van der Waals surface area (Å²) in [5, 5.41) is 5.52. The molecule has 1 aromatic carbocycles. The van der Waals surface area contributed by atoms with Crippen molar-refractivity contribution in [1.29, 1.82) is 0 Å². The minimum absolute atomic E-state index is 0.138. The van der Waals surface area contributed by atoms with E-state index in [1.165, 1.54) is 11.1 Å². The molecular formula is C16H22N2O2. The molecule has 1 unspecified atom stereocenters. The van der Waals surface area contributed by atoms with Crippen molar-refractivity contribution in [3.63, 3.8) is 0 Å². The van der Waals surface area contributed by atoms with Gasteiger partial charge in [0.25, 0.3) is 5.91 Å². The number of hydrogen-bond acceptors (Lipinski definition) is 2. The number of nitrogens with one attached hydrogen (secondary N) is 2. The van der Waals surface area contributed by atoms with E-state index in [2.05, 4.69) is 10.6 Å². The highest BCUT2D eigenvalue weighted by molar-refractivity contribution is 5.97. The summed E-state index contributed by atoms with van der Waals surface area (Å²) in [5.74, 6) is -0.319. The lowest BCUT2D eigenvalue weighted by atomic mass is 10.1. The second-order valence-corrected chi connectivity index (χ2v) is 5.32. The van der Waals surface area contributed by atoms with Gasteiger partial charge >= 0.3 is 0 Å². The van der Waals surface area contributed by atoms with Crippen LogP contribution in [0.5, 0.6) is 0 Å². The Morgan fingerprint density at radius 1 is 1.25 bits per heavy atom. The van der Waals surface area contributed by atoms with E-state index in [-0.39, 0.29) is 11.8 Å². The summed E-state index contributed by atoms with van der Waals surface area (Å²) in [4.78, 5) is 23.9. The Hall–Kier alpha value is -1.84. The van der Waals surface area contributed by atoms with Crippen molar-refractivity contribution in [2.24, 2.45) is 0 Å². The zero-order valence-electron chi connectivity index (χ0n) is 12.2. The normalized spacial score (nSPS) is 14.5. The van der Waals surface area contributed by atoms with Gasteiger partial charge in [0.1, 0.15) is 6.04 Å². The lowest BCUT2D eigenvalue weighted by Gasteiger charge is -2.14. The van der Waals surface area contributed by atoms with Crippen LogP contribution in [0.25, 0.3) is 0 Å². The molecule has 1 aliphatic rings. The van der Waals surface area contributed by atoms with E-state index in [0.717, 1.165) is 25.7 Å². The van der Waals surface area contributed by atoms with Crippen LogP contribution in [0.3, 0.4) is 0 Å². The molecule has 4 heteroatoms. The number of carbonyl (C=O) groups excluding carboxylic acids is 2. The number of fused-ring (bicyclic) bond motifs is 1. The van der Waals surface area contributed by atoms with Crippen LogP contribution in [0.4, 0.5) is 0 Å². The van der Waals surface area contributed by atoms with Crippen molar-refractivity contribution in [1.82, 2.24) is 10.6 Å². The maximum absolute atomic E-state index is 12.1. The van der Waals surface area contributed by atoms with Crippen LogP contribution in [0.2, 0.25) is 0 Å². The summed E-state index contributed by atoms with van der Waals surface area (Å²) < 4.78 is 0. The molecule has 0 saturated carbocycles. The van der Waals surface area contributed by atoms with Gasteiger partial charge in [0.05, 0.1) is 0 Å². The SMILES string of the molecule is CCCNC(=O)C(C)NC(=O)c1ccc2c(c1)CCC2. The van der Waals surface area contributed by atoms with Crippen molar-refractivity contribution in [3.8, 4) is 0 Å². The first-order valence-corrected chi connectivity index (χ1v) is 7.32. The summed E-state index contributed by atoms with van der Waals surface area (Å²) in [7, 11) is 0. The molecule has 0 radical (unpaired) electrons. The summed E-state index contributed by atoms with van der Waals surface area (Å²) in [6.45, 7) is 4.34.